The van der Waals surface area contributed by atoms with E-state index in [9.17, 15) is 4.79 Å². The molecule has 0 aliphatic carbocycles. The summed E-state index contributed by atoms with van der Waals surface area (Å²) in [5.41, 5.74) is 1.06. The molecule has 0 heterocycles. The molecule has 0 aromatic heterocycles. The van der Waals surface area contributed by atoms with Crippen LogP contribution in [-0.2, 0) is 6.54 Å². The summed E-state index contributed by atoms with van der Waals surface area (Å²) in [7, 11) is 1.79. The predicted octanol–water partition coefficient (Wildman–Crippen LogP) is 4.27. The van der Waals surface area contributed by atoms with E-state index in [0.717, 1.165) is 11.3 Å². The molecular formula is C17H19ClN2OS. The topological polar surface area (TPSA) is 32.3 Å². The van der Waals surface area contributed by atoms with E-state index in [1.54, 1.807) is 23.7 Å². The van der Waals surface area contributed by atoms with Crippen molar-refractivity contribution < 1.29 is 4.79 Å². The summed E-state index contributed by atoms with van der Waals surface area (Å²) >= 11 is 7.58. The second kappa shape index (κ2) is 8.71. The van der Waals surface area contributed by atoms with Gasteiger partial charge in [0.05, 0.1) is 0 Å². The quantitative estimate of drug-likeness (QED) is 0.632. The first-order valence-electron chi connectivity index (χ1n) is 7.06. The lowest BCUT2D eigenvalue weighted by molar-refractivity contribution is 0.207. The van der Waals surface area contributed by atoms with Crippen molar-refractivity contribution in [2.24, 2.45) is 0 Å². The lowest BCUT2D eigenvalue weighted by atomic mass is 10.2. The van der Waals surface area contributed by atoms with Gasteiger partial charge in [-0.2, -0.15) is 0 Å². The minimum absolute atomic E-state index is 0.0661. The number of nitrogens with zero attached hydrogens (tertiary/aromatic N) is 1. The highest BCUT2D eigenvalue weighted by molar-refractivity contribution is 7.99. The molecule has 0 aliphatic heterocycles. The Labute approximate surface area is 140 Å². The molecule has 0 aliphatic rings. The first-order chi connectivity index (χ1) is 10.6. The van der Waals surface area contributed by atoms with Crippen molar-refractivity contribution in [3.05, 3.63) is 65.2 Å². The minimum atomic E-state index is -0.0661. The van der Waals surface area contributed by atoms with Crippen molar-refractivity contribution in [3.63, 3.8) is 0 Å². The highest BCUT2D eigenvalue weighted by atomic mass is 35.5. The van der Waals surface area contributed by atoms with E-state index in [4.69, 9.17) is 11.6 Å². The van der Waals surface area contributed by atoms with Gasteiger partial charge in [-0.05, 0) is 29.8 Å². The van der Waals surface area contributed by atoms with E-state index in [1.165, 1.54) is 4.90 Å². The van der Waals surface area contributed by atoms with Gasteiger partial charge < -0.3 is 10.2 Å². The molecule has 0 radical (unpaired) electrons. The summed E-state index contributed by atoms with van der Waals surface area (Å²) in [6.45, 7) is 1.21. The van der Waals surface area contributed by atoms with Crippen LogP contribution >= 0.6 is 23.4 Å². The van der Waals surface area contributed by atoms with Gasteiger partial charge in [0.2, 0.25) is 0 Å². The molecule has 0 bridgehead atoms. The number of amides is 2. The van der Waals surface area contributed by atoms with Gasteiger partial charge in [-0.1, -0.05) is 41.9 Å². The molecule has 2 aromatic carbocycles. The van der Waals surface area contributed by atoms with Gasteiger partial charge in [0.1, 0.15) is 0 Å². The molecule has 116 valence electrons. The summed E-state index contributed by atoms with van der Waals surface area (Å²) in [5, 5.41) is 3.63. The number of urea groups is 1. The maximum atomic E-state index is 12.0. The lowest BCUT2D eigenvalue weighted by Crippen LogP contribution is -2.37. The molecule has 2 amide bonds. The van der Waals surface area contributed by atoms with Crippen molar-refractivity contribution in [2.45, 2.75) is 11.4 Å². The van der Waals surface area contributed by atoms with E-state index in [1.807, 2.05) is 42.5 Å². The number of rotatable bonds is 6. The van der Waals surface area contributed by atoms with Crippen LogP contribution in [0.1, 0.15) is 5.56 Å². The lowest BCUT2D eigenvalue weighted by Gasteiger charge is -2.18. The Kier molecular flexibility index (Phi) is 6.62. The van der Waals surface area contributed by atoms with Gasteiger partial charge in [0.25, 0.3) is 0 Å². The van der Waals surface area contributed by atoms with Crippen LogP contribution in [0.2, 0.25) is 5.02 Å². The van der Waals surface area contributed by atoms with Crippen LogP contribution in [0.5, 0.6) is 0 Å². The fourth-order valence-electron chi connectivity index (χ4n) is 1.91. The summed E-state index contributed by atoms with van der Waals surface area (Å²) in [4.78, 5) is 14.9. The fourth-order valence-corrected chi connectivity index (χ4v) is 2.83. The van der Waals surface area contributed by atoms with Gasteiger partial charge >= 0.3 is 6.03 Å². The van der Waals surface area contributed by atoms with Crippen LogP contribution in [0.4, 0.5) is 4.79 Å². The second-order valence-electron chi connectivity index (χ2n) is 4.88. The Morgan fingerprint density at radius 1 is 1.14 bits per heavy atom. The molecule has 0 fully saturated rings. The molecule has 2 rings (SSSR count). The maximum Gasteiger partial charge on any atom is 0.317 e. The Bertz CT molecular complexity index is 589. The maximum absolute atomic E-state index is 12.0. The molecular weight excluding hydrogens is 316 g/mol. The van der Waals surface area contributed by atoms with E-state index in [2.05, 4.69) is 17.4 Å². The van der Waals surface area contributed by atoms with Gasteiger partial charge in [-0.25, -0.2) is 4.79 Å². The van der Waals surface area contributed by atoms with Crippen molar-refractivity contribution in [1.82, 2.24) is 10.2 Å². The molecule has 22 heavy (non-hydrogen) atoms. The van der Waals surface area contributed by atoms with Crippen molar-refractivity contribution in [1.29, 1.82) is 0 Å². The third-order valence-electron chi connectivity index (χ3n) is 3.07. The number of carbonyl (C=O) groups is 1. The Morgan fingerprint density at radius 3 is 2.50 bits per heavy atom. The number of benzene rings is 2. The molecule has 0 spiro atoms. The van der Waals surface area contributed by atoms with Crippen LogP contribution in [0.15, 0.2) is 59.5 Å². The number of halogens is 1. The number of hydrogen-bond acceptors (Lipinski definition) is 2. The zero-order valence-electron chi connectivity index (χ0n) is 12.5. The van der Waals surface area contributed by atoms with Gasteiger partial charge in [-0.3, -0.25) is 0 Å². The van der Waals surface area contributed by atoms with Crippen LogP contribution in [-0.4, -0.2) is 30.3 Å². The highest BCUT2D eigenvalue weighted by Crippen LogP contribution is 2.15. The number of nitrogens with one attached hydrogen (secondary N) is 1. The SMILES string of the molecule is CN(Cc1ccc(Cl)cc1)C(=O)NCCSc1ccccc1. The normalized spacial score (nSPS) is 10.3. The van der Waals surface area contributed by atoms with E-state index in [0.29, 0.717) is 18.1 Å². The molecule has 0 unspecified atom stereocenters. The summed E-state index contributed by atoms with van der Waals surface area (Å²) in [6, 6.07) is 17.6. The number of thioether (sulfide) groups is 1. The molecule has 0 saturated heterocycles. The molecule has 1 N–H and O–H groups in total. The van der Waals surface area contributed by atoms with E-state index < -0.39 is 0 Å². The smallest absolute Gasteiger partial charge is 0.317 e. The van der Waals surface area contributed by atoms with Crippen molar-refractivity contribution >= 4 is 29.4 Å². The van der Waals surface area contributed by atoms with E-state index in [-0.39, 0.29) is 6.03 Å². The van der Waals surface area contributed by atoms with Crippen LogP contribution in [0.25, 0.3) is 0 Å². The number of carbonyl (C=O) groups excluding carboxylic acids is 1. The average molecular weight is 335 g/mol. The third kappa shape index (κ3) is 5.62. The zero-order valence-corrected chi connectivity index (χ0v) is 14.0. The van der Waals surface area contributed by atoms with Gasteiger partial charge in [-0.15, -0.1) is 11.8 Å². The first kappa shape index (κ1) is 16.7. The summed E-state index contributed by atoms with van der Waals surface area (Å²) < 4.78 is 0. The zero-order chi connectivity index (χ0) is 15.8. The predicted molar refractivity (Wildman–Crippen MR) is 93.5 cm³/mol. The summed E-state index contributed by atoms with van der Waals surface area (Å²) in [6.07, 6.45) is 0. The van der Waals surface area contributed by atoms with E-state index >= 15 is 0 Å². The fraction of sp³-hybridized carbons (Fsp3) is 0.235. The molecule has 2 aromatic rings. The Morgan fingerprint density at radius 2 is 1.82 bits per heavy atom. The summed E-state index contributed by atoms with van der Waals surface area (Å²) in [5.74, 6) is 0.852. The largest absolute Gasteiger partial charge is 0.337 e. The highest BCUT2D eigenvalue weighted by Gasteiger charge is 2.08. The molecule has 3 nitrogen and oxygen atoms in total. The third-order valence-corrected chi connectivity index (χ3v) is 4.34. The van der Waals surface area contributed by atoms with Crippen molar-refractivity contribution in [2.75, 3.05) is 19.3 Å². The Hall–Kier alpha value is -1.65. The van der Waals surface area contributed by atoms with Crippen molar-refractivity contribution in [3.8, 4) is 0 Å². The van der Waals surface area contributed by atoms with Crippen LogP contribution in [0.3, 0.4) is 0 Å². The van der Waals surface area contributed by atoms with Crippen LogP contribution < -0.4 is 5.32 Å². The first-order valence-corrected chi connectivity index (χ1v) is 8.43. The van der Waals surface area contributed by atoms with Gasteiger partial charge in [0, 0.05) is 35.8 Å². The Balaban J connectivity index is 1.69. The minimum Gasteiger partial charge on any atom is -0.337 e. The number of hydrogen-bond donors (Lipinski definition) is 1. The average Bonchev–Trinajstić information content (AvgIpc) is 2.54. The van der Waals surface area contributed by atoms with Gasteiger partial charge in [0.15, 0.2) is 0 Å². The molecule has 0 atom stereocenters. The molecule has 0 saturated carbocycles. The van der Waals surface area contributed by atoms with Crippen LogP contribution in [0, 0.1) is 0 Å². The molecule has 5 heteroatoms. The standard InChI is InChI=1S/C17H19ClN2OS/c1-20(13-14-7-9-15(18)10-8-14)17(21)19-11-12-22-16-5-3-2-4-6-16/h2-10H,11-13H2,1H3,(H,19,21). The monoisotopic (exact) mass is 334 g/mol. The second-order valence-corrected chi connectivity index (χ2v) is 6.48.